The van der Waals surface area contributed by atoms with Crippen LogP contribution in [0.2, 0.25) is 0 Å². The second kappa shape index (κ2) is 7.14. The van der Waals surface area contributed by atoms with E-state index in [0.717, 1.165) is 11.2 Å². The first-order valence-electron chi connectivity index (χ1n) is 7.95. The molecule has 122 valence electrons. The van der Waals surface area contributed by atoms with Gasteiger partial charge < -0.3 is 9.77 Å². The Hall–Kier alpha value is -1.86. The highest BCUT2D eigenvalue weighted by atomic mass is 31.2. The van der Waals surface area contributed by atoms with E-state index in [1.165, 1.54) is 0 Å². The molecule has 0 N–H and O–H groups in total. The van der Waals surface area contributed by atoms with Crippen LogP contribution in [-0.2, 0) is 4.57 Å². The molecule has 0 spiro atoms. The smallest absolute Gasteiger partial charge is 0.224 e. The second-order valence-electron chi connectivity index (χ2n) is 6.07. The summed E-state index contributed by atoms with van der Waals surface area (Å²) < 4.78 is 15.1. The van der Waals surface area contributed by atoms with Gasteiger partial charge in [-0.05, 0) is 6.42 Å². The van der Waals surface area contributed by atoms with Crippen molar-refractivity contribution in [3.8, 4) is 0 Å². The third-order valence-electron chi connectivity index (χ3n) is 4.13. The fourth-order valence-electron chi connectivity index (χ4n) is 2.67. The number of nitrogens with zero attached hydrogens (tertiary/aromatic N) is 1. The van der Waals surface area contributed by atoms with Crippen LogP contribution < -0.4 is 10.6 Å². The summed E-state index contributed by atoms with van der Waals surface area (Å²) in [7, 11) is -3.14. The minimum atomic E-state index is -3.14. The molecule has 0 fully saturated rings. The summed E-state index contributed by atoms with van der Waals surface area (Å²) in [5.74, 6) is 0. The van der Waals surface area contributed by atoms with Crippen molar-refractivity contribution in [2.75, 3.05) is 0 Å². The molecule has 0 saturated heterocycles. The van der Waals surface area contributed by atoms with E-state index in [0.29, 0.717) is 17.0 Å². The Kier molecular flexibility index (Phi) is 5.43. The van der Waals surface area contributed by atoms with E-state index in [2.05, 4.69) is 0 Å². The van der Waals surface area contributed by atoms with Gasteiger partial charge in [-0.1, -0.05) is 67.6 Å². The Labute approximate surface area is 138 Å². The summed E-state index contributed by atoms with van der Waals surface area (Å²) in [4.78, 5) is 0. The van der Waals surface area contributed by atoms with Crippen molar-refractivity contribution in [3.05, 3.63) is 65.9 Å². The number of rotatable bonds is 6. The molecule has 0 unspecified atom stereocenters. The Bertz CT molecular complexity index is 665. The fourth-order valence-corrected chi connectivity index (χ4v) is 5.77. The minimum Gasteiger partial charge on any atom is -0.623 e. The van der Waals surface area contributed by atoms with Gasteiger partial charge in [-0.3, -0.25) is 0 Å². The van der Waals surface area contributed by atoms with Crippen LogP contribution in [0.3, 0.4) is 0 Å². The highest BCUT2D eigenvalue weighted by Gasteiger charge is 2.50. The van der Waals surface area contributed by atoms with Crippen LogP contribution in [0.5, 0.6) is 0 Å². The third kappa shape index (κ3) is 3.25. The lowest BCUT2D eigenvalue weighted by Crippen LogP contribution is -2.41. The van der Waals surface area contributed by atoms with Gasteiger partial charge in [-0.2, -0.15) is 0 Å². The quantitative estimate of drug-likeness (QED) is 0.263. The zero-order valence-corrected chi connectivity index (χ0v) is 14.9. The van der Waals surface area contributed by atoms with Gasteiger partial charge in [0.15, 0.2) is 6.21 Å². The van der Waals surface area contributed by atoms with Gasteiger partial charge in [0.2, 0.25) is 12.4 Å². The van der Waals surface area contributed by atoms with Gasteiger partial charge in [0, 0.05) is 30.9 Å². The van der Waals surface area contributed by atoms with Crippen LogP contribution in [0.1, 0.15) is 33.6 Å². The molecule has 23 heavy (non-hydrogen) atoms. The van der Waals surface area contributed by atoms with E-state index >= 15 is 0 Å². The molecule has 0 heterocycles. The van der Waals surface area contributed by atoms with Crippen molar-refractivity contribution < 1.29 is 9.30 Å². The number of hydroxylamine groups is 1. The number of unbranched alkanes of at least 4 members (excludes halogenated alkanes) is 1. The van der Waals surface area contributed by atoms with Crippen LogP contribution in [-0.4, -0.2) is 16.2 Å². The molecular weight excluding hydrogens is 305 g/mol. The second-order valence-corrected chi connectivity index (χ2v) is 9.42. The number of hydrogen-bond donors (Lipinski definition) is 0. The lowest BCUT2D eigenvalue weighted by molar-refractivity contribution is -0.507. The highest BCUT2D eigenvalue weighted by Crippen LogP contribution is 2.55. The summed E-state index contributed by atoms with van der Waals surface area (Å²) >= 11 is 0. The molecule has 0 saturated carbocycles. The lowest BCUT2D eigenvalue weighted by atomic mass is 10.3. The summed E-state index contributed by atoms with van der Waals surface area (Å²) in [5.41, 5.74) is 0. The average molecular weight is 329 g/mol. The predicted molar refractivity (Wildman–Crippen MR) is 98.4 cm³/mol. The van der Waals surface area contributed by atoms with E-state index in [-0.39, 0.29) is 0 Å². The Balaban J connectivity index is 2.67. The molecule has 3 nitrogen and oxygen atoms in total. The van der Waals surface area contributed by atoms with Crippen molar-refractivity contribution in [2.45, 2.75) is 38.9 Å². The number of benzene rings is 2. The Morgan fingerprint density at radius 2 is 1.43 bits per heavy atom. The van der Waals surface area contributed by atoms with Gasteiger partial charge in [-0.25, -0.2) is 4.74 Å². The van der Waals surface area contributed by atoms with Gasteiger partial charge in [0.25, 0.3) is 0 Å². The first-order chi connectivity index (χ1) is 10.9. The predicted octanol–water partition coefficient (Wildman–Crippen LogP) is 4.12. The molecular formula is C19H24NO2P. The molecule has 0 aromatic heterocycles. The van der Waals surface area contributed by atoms with E-state index in [9.17, 15) is 9.77 Å². The van der Waals surface area contributed by atoms with Crippen LogP contribution in [0.4, 0.5) is 0 Å². The van der Waals surface area contributed by atoms with Crippen LogP contribution in [0.25, 0.3) is 0 Å². The maximum atomic E-state index is 14.2. The molecule has 0 atom stereocenters. The molecule has 0 aliphatic heterocycles. The van der Waals surface area contributed by atoms with Crippen molar-refractivity contribution in [1.29, 1.82) is 0 Å². The van der Waals surface area contributed by atoms with Crippen LogP contribution in [0, 0.1) is 5.21 Å². The third-order valence-corrected chi connectivity index (χ3v) is 7.92. The zero-order chi connectivity index (χ0) is 16.9. The Morgan fingerprint density at radius 1 is 1.00 bits per heavy atom. The van der Waals surface area contributed by atoms with Gasteiger partial charge >= 0.3 is 0 Å². The zero-order valence-electron chi connectivity index (χ0n) is 14.0. The summed E-state index contributed by atoms with van der Waals surface area (Å²) in [5, 5.41) is 13.1. The molecule has 0 bridgehead atoms. The monoisotopic (exact) mass is 329 g/mol. The standard InChI is InChI=1S/C19H24NO2P/c1-4-5-16-20(21)19(2,3)23(22,17-12-8-6-9-13-17)18-14-10-7-11-15-18/h6-16H,4-5H2,1-3H3/b20-16-. The molecule has 2 rings (SSSR count). The van der Waals surface area contributed by atoms with Crippen molar-refractivity contribution in [2.24, 2.45) is 0 Å². The maximum absolute atomic E-state index is 14.2. The summed E-state index contributed by atoms with van der Waals surface area (Å²) in [6.07, 6.45) is 3.17. The largest absolute Gasteiger partial charge is 0.623 e. The molecule has 4 heteroatoms. The fraction of sp³-hybridized carbons (Fsp3) is 0.316. The number of hydrogen-bond acceptors (Lipinski definition) is 2. The lowest BCUT2D eigenvalue weighted by Gasteiger charge is -2.33. The molecule has 2 aromatic rings. The van der Waals surface area contributed by atoms with Crippen molar-refractivity contribution in [3.63, 3.8) is 0 Å². The van der Waals surface area contributed by atoms with E-state index in [1.807, 2.05) is 67.6 Å². The van der Waals surface area contributed by atoms with Crippen molar-refractivity contribution in [1.82, 2.24) is 0 Å². The molecule has 2 aromatic carbocycles. The summed E-state index contributed by atoms with van der Waals surface area (Å²) in [6.45, 7) is 5.56. The first-order valence-corrected chi connectivity index (χ1v) is 9.66. The van der Waals surface area contributed by atoms with Gasteiger partial charge in [0.05, 0.1) is 0 Å². The van der Waals surface area contributed by atoms with E-state index < -0.39 is 12.4 Å². The molecule has 0 aliphatic carbocycles. The minimum absolute atomic E-state index is 0.677. The molecule has 0 radical (unpaired) electrons. The first kappa shape index (κ1) is 17.5. The molecule has 0 aliphatic rings. The van der Waals surface area contributed by atoms with Gasteiger partial charge in [-0.15, -0.1) is 0 Å². The average Bonchev–Trinajstić information content (AvgIpc) is 2.60. The topological polar surface area (TPSA) is 43.1 Å². The van der Waals surface area contributed by atoms with Crippen molar-refractivity contribution >= 4 is 24.0 Å². The van der Waals surface area contributed by atoms with Gasteiger partial charge in [0.1, 0.15) is 0 Å². The SMILES string of the molecule is CCC/C=[N+](\[O-])C(C)(C)P(=O)(c1ccccc1)c1ccccc1. The van der Waals surface area contributed by atoms with Crippen LogP contribution >= 0.6 is 7.14 Å². The molecule has 0 amide bonds. The van der Waals surface area contributed by atoms with E-state index in [4.69, 9.17) is 0 Å². The normalized spacial score (nSPS) is 13.1. The Morgan fingerprint density at radius 3 is 1.83 bits per heavy atom. The maximum Gasteiger partial charge on any atom is 0.224 e. The van der Waals surface area contributed by atoms with Crippen LogP contribution in [0.15, 0.2) is 60.7 Å². The highest BCUT2D eigenvalue weighted by molar-refractivity contribution is 7.79. The van der Waals surface area contributed by atoms with E-state index in [1.54, 1.807) is 20.1 Å². The summed E-state index contributed by atoms with van der Waals surface area (Å²) in [6, 6.07) is 18.7.